The third kappa shape index (κ3) is 5.75. The molecule has 0 unspecified atom stereocenters. The zero-order chi connectivity index (χ0) is 34.2. The molecule has 0 spiro atoms. The van der Waals surface area contributed by atoms with Crippen LogP contribution in [0.3, 0.4) is 0 Å². The van der Waals surface area contributed by atoms with Crippen LogP contribution in [0, 0.1) is 16.7 Å². The van der Waals surface area contributed by atoms with Crippen molar-refractivity contribution in [2.75, 3.05) is 5.32 Å². The second-order valence-electron chi connectivity index (χ2n) is 13.2. The van der Waals surface area contributed by atoms with Gasteiger partial charge in [0.05, 0.1) is 34.7 Å². The first-order chi connectivity index (χ1) is 23.7. The first-order valence-corrected chi connectivity index (χ1v) is 18.1. The second-order valence-corrected chi connectivity index (χ2v) is 17.5. The number of rotatable bonds is 8. The predicted octanol–water partition coefficient (Wildman–Crippen LogP) is 7.84. The van der Waals surface area contributed by atoms with Gasteiger partial charge in [-0.3, -0.25) is 14.7 Å². The van der Waals surface area contributed by atoms with Crippen molar-refractivity contribution in [1.82, 2.24) is 19.5 Å². The molecule has 10 nitrogen and oxygen atoms in total. The van der Waals surface area contributed by atoms with Gasteiger partial charge in [-0.05, 0) is 51.5 Å². The standard InChI is InChI=1S/C38H35N7O3Si/c1-38(2,3)49(27-13-7-5-8-14-27,28-15-9-6-10-16-28)48-35-22-21-31(29-17-11-12-18-30(29)35)42-36-34(45(46)47)24-40-37(43-36)44-25-41-32-20-19-26(39-4)23-33(32)44/h5-20,23-25,31,35H,21-22H2,1-3H3,(H,40,42,43)/t31-,35-/m1/s1. The Morgan fingerprint density at radius 1 is 0.918 bits per heavy atom. The highest BCUT2D eigenvalue weighted by molar-refractivity contribution is 6.99. The average molecular weight is 666 g/mol. The largest absolute Gasteiger partial charge is 0.400 e. The van der Waals surface area contributed by atoms with Gasteiger partial charge in [-0.1, -0.05) is 112 Å². The van der Waals surface area contributed by atoms with E-state index in [1.54, 1.807) is 29.1 Å². The van der Waals surface area contributed by atoms with Crippen molar-refractivity contribution >= 4 is 46.9 Å². The lowest BCUT2D eigenvalue weighted by Crippen LogP contribution is -2.67. The molecule has 1 aliphatic rings. The molecule has 2 atom stereocenters. The van der Waals surface area contributed by atoms with Gasteiger partial charge in [-0.15, -0.1) is 0 Å². The summed E-state index contributed by atoms with van der Waals surface area (Å²) in [7, 11) is -2.85. The summed E-state index contributed by atoms with van der Waals surface area (Å²) in [6, 6.07) is 34.3. The maximum Gasteiger partial charge on any atom is 0.329 e. The van der Waals surface area contributed by atoms with E-state index in [1.165, 1.54) is 16.6 Å². The molecule has 0 radical (unpaired) electrons. The third-order valence-electron chi connectivity index (χ3n) is 9.31. The van der Waals surface area contributed by atoms with E-state index >= 15 is 0 Å². The van der Waals surface area contributed by atoms with E-state index in [4.69, 9.17) is 11.0 Å². The summed E-state index contributed by atoms with van der Waals surface area (Å²) in [5, 5.41) is 17.8. The second kappa shape index (κ2) is 12.7. The van der Waals surface area contributed by atoms with Gasteiger partial charge in [0.2, 0.25) is 11.8 Å². The highest BCUT2D eigenvalue weighted by Crippen LogP contribution is 2.46. The van der Waals surface area contributed by atoms with Crippen LogP contribution >= 0.6 is 0 Å². The lowest BCUT2D eigenvalue weighted by atomic mass is 9.86. The first-order valence-electron chi connectivity index (χ1n) is 16.2. The Morgan fingerprint density at radius 2 is 1.57 bits per heavy atom. The molecule has 0 fully saturated rings. The van der Waals surface area contributed by atoms with Crippen molar-refractivity contribution in [3.05, 3.63) is 148 Å². The molecule has 2 aromatic heterocycles. The smallest absolute Gasteiger partial charge is 0.329 e. The van der Waals surface area contributed by atoms with Crippen LogP contribution in [0.2, 0.25) is 5.04 Å². The summed E-state index contributed by atoms with van der Waals surface area (Å²) in [6.07, 6.45) is 3.96. The quantitative estimate of drug-likeness (QED) is 0.0763. The van der Waals surface area contributed by atoms with Crippen LogP contribution in [0.15, 0.2) is 116 Å². The summed E-state index contributed by atoms with van der Waals surface area (Å²) in [5.41, 5.74) is 3.60. The molecule has 0 saturated heterocycles. The number of fused-ring (bicyclic) bond motifs is 2. The lowest BCUT2D eigenvalue weighted by Gasteiger charge is -2.46. The molecular weight excluding hydrogens is 631 g/mol. The number of hydrogen-bond donors (Lipinski definition) is 1. The molecular formula is C38H35N7O3Si. The molecule has 49 heavy (non-hydrogen) atoms. The summed E-state index contributed by atoms with van der Waals surface area (Å²) in [5.74, 6) is 0.332. The number of nitrogens with one attached hydrogen (secondary N) is 1. The monoisotopic (exact) mass is 665 g/mol. The van der Waals surface area contributed by atoms with Crippen LogP contribution in [-0.4, -0.2) is 32.8 Å². The highest BCUT2D eigenvalue weighted by atomic mass is 28.4. The molecule has 0 amide bonds. The molecule has 0 saturated carbocycles. The molecule has 2 heterocycles. The maximum atomic E-state index is 12.2. The lowest BCUT2D eigenvalue weighted by molar-refractivity contribution is -0.384. The van der Waals surface area contributed by atoms with Gasteiger partial charge < -0.3 is 9.74 Å². The van der Waals surface area contributed by atoms with Gasteiger partial charge in [-0.2, -0.15) is 4.98 Å². The SMILES string of the molecule is [C-]#[N+]c1ccc2ncn(-c3ncc([N+](=O)[O-])c(N[C@@H]4CC[C@@H](O[Si](c5ccccc5)(c5ccccc5)C(C)(C)C)c5ccccc54)n3)c2c1. The molecule has 11 heteroatoms. The molecule has 1 aliphatic carbocycles. The van der Waals surface area contributed by atoms with Crippen molar-refractivity contribution in [1.29, 1.82) is 0 Å². The molecule has 7 rings (SSSR count). The van der Waals surface area contributed by atoms with Gasteiger partial charge in [0.25, 0.3) is 8.32 Å². The predicted molar refractivity (Wildman–Crippen MR) is 193 cm³/mol. The molecule has 4 aromatic carbocycles. The van der Waals surface area contributed by atoms with Gasteiger partial charge >= 0.3 is 5.69 Å². The third-order valence-corrected chi connectivity index (χ3v) is 14.4. The Balaban J connectivity index is 1.27. The summed E-state index contributed by atoms with van der Waals surface area (Å²) in [4.78, 5) is 28.6. The number of imidazole rings is 1. The molecule has 244 valence electrons. The first kappa shape index (κ1) is 31.9. The van der Waals surface area contributed by atoms with Crippen LogP contribution in [0.25, 0.3) is 21.8 Å². The van der Waals surface area contributed by atoms with Crippen LogP contribution < -0.4 is 15.7 Å². The maximum absolute atomic E-state index is 12.2. The van der Waals surface area contributed by atoms with E-state index < -0.39 is 13.2 Å². The number of anilines is 1. The van der Waals surface area contributed by atoms with Gasteiger partial charge in [0, 0.05) is 0 Å². The van der Waals surface area contributed by atoms with Gasteiger partial charge in [0.1, 0.15) is 12.5 Å². The van der Waals surface area contributed by atoms with E-state index in [1.807, 2.05) is 24.3 Å². The summed E-state index contributed by atoms with van der Waals surface area (Å²) >= 11 is 0. The Kier molecular flexibility index (Phi) is 8.28. The minimum Gasteiger partial charge on any atom is -0.400 e. The van der Waals surface area contributed by atoms with Gasteiger partial charge in [0.15, 0.2) is 5.69 Å². The van der Waals surface area contributed by atoms with Crippen LogP contribution in [0.5, 0.6) is 0 Å². The van der Waals surface area contributed by atoms with Crippen molar-refractivity contribution in [3.63, 3.8) is 0 Å². The van der Waals surface area contributed by atoms with E-state index in [2.05, 4.69) is 107 Å². The molecule has 1 N–H and O–H groups in total. The van der Waals surface area contributed by atoms with Crippen molar-refractivity contribution < 1.29 is 9.35 Å². The van der Waals surface area contributed by atoms with Crippen LogP contribution in [0.4, 0.5) is 17.2 Å². The minimum absolute atomic E-state index is 0.115. The fraction of sp³-hybridized carbons (Fsp3) is 0.211. The number of hydrogen-bond acceptors (Lipinski definition) is 7. The summed E-state index contributed by atoms with van der Waals surface area (Å²) in [6.45, 7) is 14.2. The van der Waals surface area contributed by atoms with Crippen LogP contribution in [0.1, 0.15) is 56.9 Å². The van der Waals surface area contributed by atoms with Crippen molar-refractivity contribution in [2.45, 2.75) is 50.8 Å². The number of nitrogens with zero attached hydrogens (tertiary/aromatic N) is 6. The van der Waals surface area contributed by atoms with E-state index in [0.29, 0.717) is 29.6 Å². The number of aromatic nitrogens is 4. The fourth-order valence-electron chi connectivity index (χ4n) is 7.04. The average Bonchev–Trinajstić information content (AvgIpc) is 3.55. The van der Waals surface area contributed by atoms with Crippen LogP contribution in [-0.2, 0) is 4.43 Å². The molecule has 0 bridgehead atoms. The number of benzene rings is 4. The Labute approximate surface area is 285 Å². The highest BCUT2D eigenvalue weighted by Gasteiger charge is 2.52. The zero-order valence-corrected chi connectivity index (χ0v) is 28.4. The Hall–Kier alpha value is -5.70. The fourth-order valence-corrected chi connectivity index (χ4v) is 11.7. The van der Waals surface area contributed by atoms with E-state index in [-0.39, 0.29) is 34.6 Å². The normalized spacial score (nSPS) is 16.1. The van der Waals surface area contributed by atoms with E-state index in [9.17, 15) is 10.1 Å². The van der Waals surface area contributed by atoms with Crippen molar-refractivity contribution in [3.8, 4) is 5.95 Å². The summed E-state index contributed by atoms with van der Waals surface area (Å²) < 4.78 is 9.22. The van der Waals surface area contributed by atoms with Crippen molar-refractivity contribution in [2.24, 2.45) is 0 Å². The van der Waals surface area contributed by atoms with Gasteiger partial charge in [-0.25, -0.2) is 14.8 Å². The number of nitro groups is 1. The molecule has 0 aliphatic heterocycles. The van der Waals surface area contributed by atoms with E-state index in [0.717, 1.165) is 11.1 Å². The minimum atomic E-state index is -2.85. The Morgan fingerprint density at radius 3 is 2.20 bits per heavy atom. The molecule has 6 aromatic rings. The Bertz CT molecular complexity index is 2150. The zero-order valence-electron chi connectivity index (χ0n) is 27.4. The topological polar surface area (TPSA) is 112 Å².